The molecule has 2 aliphatic heterocycles. The summed E-state index contributed by atoms with van der Waals surface area (Å²) in [6.45, 7) is 8.66. The van der Waals surface area contributed by atoms with Crippen LogP contribution in [0.1, 0.15) is 36.6 Å². The summed E-state index contributed by atoms with van der Waals surface area (Å²) in [4.78, 5) is 29.0. The topological polar surface area (TPSA) is 73.8 Å². The fraction of sp³-hybridized carbons (Fsp3) is 0.393. The normalized spacial score (nSPS) is 16.0. The number of hydrogen-bond acceptors (Lipinski definition) is 6. The molecule has 194 valence electrons. The molecule has 37 heavy (non-hydrogen) atoms. The minimum Gasteiger partial charge on any atom is -0.438 e. The zero-order chi connectivity index (χ0) is 25.9. The molecule has 9 heteroatoms. The van der Waals surface area contributed by atoms with Crippen LogP contribution in [0, 0.1) is 5.82 Å². The van der Waals surface area contributed by atoms with Gasteiger partial charge in [0, 0.05) is 44.8 Å². The first-order chi connectivity index (χ1) is 17.9. The Morgan fingerprint density at radius 1 is 0.973 bits per heavy atom. The van der Waals surface area contributed by atoms with Gasteiger partial charge in [0.1, 0.15) is 11.6 Å². The van der Waals surface area contributed by atoms with Crippen molar-refractivity contribution in [3.8, 4) is 11.6 Å². The van der Waals surface area contributed by atoms with E-state index in [1.165, 1.54) is 17.7 Å². The Morgan fingerprint density at radius 2 is 1.68 bits per heavy atom. The number of urea groups is 1. The van der Waals surface area contributed by atoms with Crippen LogP contribution in [0.5, 0.6) is 11.6 Å². The second-order valence-electron chi connectivity index (χ2n) is 9.98. The van der Waals surface area contributed by atoms with Crippen molar-refractivity contribution in [2.75, 3.05) is 50.0 Å². The molecule has 2 aromatic carbocycles. The van der Waals surface area contributed by atoms with Crippen molar-refractivity contribution < 1.29 is 13.9 Å². The van der Waals surface area contributed by atoms with E-state index in [2.05, 4.69) is 36.0 Å². The number of carbonyl (C=O) groups excluding carboxylic acids is 1. The lowest BCUT2D eigenvalue weighted by molar-refractivity contribution is 0.205. The van der Waals surface area contributed by atoms with Crippen LogP contribution in [0.4, 0.5) is 20.8 Å². The predicted octanol–water partition coefficient (Wildman–Crippen LogP) is 4.87. The van der Waals surface area contributed by atoms with E-state index in [1.807, 2.05) is 24.3 Å². The number of anilines is 2. The largest absolute Gasteiger partial charge is 0.438 e. The average molecular weight is 505 g/mol. The van der Waals surface area contributed by atoms with Crippen molar-refractivity contribution in [1.82, 2.24) is 19.8 Å². The zero-order valence-electron chi connectivity index (χ0n) is 21.6. The minimum atomic E-state index is -0.334. The fourth-order valence-corrected chi connectivity index (χ4v) is 4.55. The van der Waals surface area contributed by atoms with Crippen LogP contribution in [-0.2, 0) is 13.0 Å². The highest BCUT2D eigenvalue weighted by Crippen LogP contribution is 2.32. The maximum atomic E-state index is 13.5. The molecule has 0 saturated carbocycles. The number of halogens is 1. The lowest BCUT2D eigenvalue weighted by Gasteiger charge is -2.34. The van der Waals surface area contributed by atoms with Crippen LogP contribution in [0.25, 0.3) is 0 Å². The summed E-state index contributed by atoms with van der Waals surface area (Å²) < 4.78 is 19.6. The first-order valence-corrected chi connectivity index (χ1v) is 12.8. The van der Waals surface area contributed by atoms with Crippen LogP contribution in [0.2, 0.25) is 0 Å². The number of rotatable bonds is 5. The molecule has 0 aliphatic carbocycles. The van der Waals surface area contributed by atoms with Crippen LogP contribution in [-0.4, -0.2) is 65.6 Å². The third-order valence-electron chi connectivity index (χ3n) is 6.94. The molecular weight excluding hydrogens is 471 g/mol. The van der Waals surface area contributed by atoms with Crippen molar-refractivity contribution in [2.24, 2.45) is 0 Å². The molecule has 1 N–H and O–H groups in total. The van der Waals surface area contributed by atoms with Crippen LogP contribution in [0.3, 0.4) is 0 Å². The predicted molar refractivity (Wildman–Crippen MR) is 142 cm³/mol. The van der Waals surface area contributed by atoms with Crippen molar-refractivity contribution in [3.05, 3.63) is 71.2 Å². The lowest BCUT2D eigenvalue weighted by atomic mass is 10.0. The number of aromatic nitrogens is 2. The van der Waals surface area contributed by atoms with E-state index in [1.54, 1.807) is 17.0 Å². The Hall–Kier alpha value is -3.72. The molecule has 0 atom stereocenters. The number of ether oxygens (including phenoxy) is 1. The van der Waals surface area contributed by atoms with E-state index in [4.69, 9.17) is 14.7 Å². The minimum absolute atomic E-state index is 0.182. The molecule has 0 spiro atoms. The summed E-state index contributed by atoms with van der Waals surface area (Å²) in [6.07, 6.45) is 0.595. The van der Waals surface area contributed by atoms with Gasteiger partial charge in [-0.15, -0.1) is 0 Å². The molecule has 0 unspecified atom stereocenters. The number of likely N-dealkylation sites (N-methyl/N-ethyl adjacent to an activating group) is 1. The van der Waals surface area contributed by atoms with Gasteiger partial charge in [-0.2, -0.15) is 4.98 Å². The fourth-order valence-electron chi connectivity index (χ4n) is 4.55. The first kappa shape index (κ1) is 25.0. The maximum absolute atomic E-state index is 13.5. The zero-order valence-corrected chi connectivity index (χ0v) is 21.6. The van der Waals surface area contributed by atoms with Gasteiger partial charge in [-0.25, -0.2) is 14.2 Å². The lowest BCUT2D eigenvalue weighted by Crippen LogP contribution is -2.45. The van der Waals surface area contributed by atoms with Crippen molar-refractivity contribution in [1.29, 1.82) is 0 Å². The molecule has 1 fully saturated rings. The van der Waals surface area contributed by atoms with E-state index in [9.17, 15) is 9.18 Å². The number of fused-ring (bicyclic) bond motifs is 1. The van der Waals surface area contributed by atoms with Gasteiger partial charge in [0.2, 0.25) is 11.8 Å². The Kier molecular flexibility index (Phi) is 7.23. The number of hydrogen-bond donors (Lipinski definition) is 1. The Morgan fingerprint density at radius 3 is 2.35 bits per heavy atom. The van der Waals surface area contributed by atoms with Gasteiger partial charge < -0.3 is 24.8 Å². The summed E-state index contributed by atoms with van der Waals surface area (Å²) in [5.74, 6) is 1.62. The molecule has 3 heterocycles. The first-order valence-electron chi connectivity index (χ1n) is 12.8. The second-order valence-corrected chi connectivity index (χ2v) is 9.98. The molecule has 8 nitrogen and oxygen atoms in total. The van der Waals surface area contributed by atoms with Crippen molar-refractivity contribution in [3.63, 3.8) is 0 Å². The summed E-state index contributed by atoms with van der Waals surface area (Å²) in [5, 5.41) is 3.00. The molecule has 2 amide bonds. The molecule has 2 aliphatic rings. The molecule has 0 radical (unpaired) electrons. The highest BCUT2D eigenvalue weighted by Gasteiger charge is 2.28. The van der Waals surface area contributed by atoms with E-state index in [-0.39, 0.29) is 11.8 Å². The third-order valence-corrected chi connectivity index (χ3v) is 6.94. The number of benzene rings is 2. The number of piperazine rings is 1. The van der Waals surface area contributed by atoms with E-state index < -0.39 is 0 Å². The standard InChI is InChI=1S/C28H33FN6O2/c1-19(2)20-4-8-22(9-5-20)30-28(36)35-13-12-25-24(18-35)26(37-23-10-6-21(29)7-11-23)32-27(31-25)34-16-14-33(3)15-17-34/h4-11,19H,12-18H2,1-3H3,(H,30,36). The van der Waals surface area contributed by atoms with Gasteiger partial charge in [0.15, 0.2) is 0 Å². The molecule has 5 rings (SSSR count). The van der Waals surface area contributed by atoms with E-state index in [0.717, 1.165) is 43.1 Å². The Labute approximate surface area is 217 Å². The molecular formula is C28H33FN6O2. The van der Waals surface area contributed by atoms with Crippen LogP contribution >= 0.6 is 0 Å². The summed E-state index contributed by atoms with van der Waals surface area (Å²) in [7, 11) is 2.10. The monoisotopic (exact) mass is 504 g/mol. The van der Waals surface area contributed by atoms with Gasteiger partial charge in [0.05, 0.1) is 17.8 Å². The quantitative estimate of drug-likeness (QED) is 0.534. The summed E-state index contributed by atoms with van der Waals surface area (Å²) >= 11 is 0. The van der Waals surface area contributed by atoms with Crippen LogP contribution < -0.4 is 15.0 Å². The van der Waals surface area contributed by atoms with Gasteiger partial charge in [0.25, 0.3) is 0 Å². The van der Waals surface area contributed by atoms with Gasteiger partial charge >= 0.3 is 6.03 Å². The smallest absolute Gasteiger partial charge is 0.322 e. The number of nitrogens with one attached hydrogen (secondary N) is 1. The van der Waals surface area contributed by atoms with Crippen LogP contribution in [0.15, 0.2) is 48.5 Å². The maximum Gasteiger partial charge on any atom is 0.322 e. The van der Waals surface area contributed by atoms with Gasteiger partial charge in [-0.1, -0.05) is 26.0 Å². The Bertz CT molecular complexity index is 1240. The highest BCUT2D eigenvalue weighted by atomic mass is 19.1. The molecule has 0 bridgehead atoms. The van der Waals surface area contributed by atoms with Gasteiger partial charge in [-0.3, -0.25) is 0 Å². The summed E-state index contributed by atoms with van der Waals surface area (Å²) in [6, 6.07) is 13.6. The average Bonchev–Trinajstić information content (AvgIpc) is 2.90. The van der Waals surface area contributed by atoms with E-state index in [0.29, 0.717) is 43.0 Å². The number of nitrogens with zero attached hydrogens (tertiary/aromatic N) is 5. The Balaban J connectivity index is 1.38. The molecule has 3 aromatic rings. The number of carbonyl (C=O) groups is 1. The third kappa shape index (κ3) is 5.83. The molecule has 1 aromatic heterocycles. The van der Waals surface area contributed by atoms with Crippen molar-refractivity contribution >= 4 is 17.7 Å². The second kappa shape index (κ2) is 10.7. The SMILES string of the molecule is CC(C)c1ccc(NC(=O)N2CCc3nc(N4CCN(C)CC4)nc(Oc4ccc(F)cc4)c3C2)cc1. The molecule has 1 saturated heterocycles. The van der Waals surface area contributed by atoms with E-state index >= 15 is 0 Å². The summed E-state index contributed by atoms with van der Waals surface area (Å²) in [5.41, 5.74) is 3.63. The number of amides is 2. The highest BCUT2D eigenvalue weighted by molar-refractivity contribution is 5.89. The van der Waals surface area contributed by atoms with Crippen molar-refractivity contribution in [2.45, 2.75) is 32.7 Å². The van der Waals surface area contributed by atoms with Gasteiger partial charge in [-0.05, 0) is 54.9 Å².